The van der Waals surface area contributed by atoms with Crippen molar-refractivity contribution in [3.05, 3.63) is 28.2 Å². The molecule has 0 saturated heterocycles. The second-order valence-electron chi connectivity index (χ2n) is 4.06. The monoisotopic (exact) mass is 344 g/mol. The zero-order valence-corrected chi connectivity index (χ0v) is 13.3. The van der Waals surface area contributed by atoms with E-state index < -0.39 is 6.10 Å². The molecule has 1 rings (SSSR count). The lowest BCUT2D eigenvalue weighted by atomic mass is 10.2. The minimum atomic E-state index is -0.596. The van der Waals surface area contributed by atoms with Crippen molar-refractivity contribution in [2.45, 2.75) is 26.4 Å². The van der Waals surface area contributed by atoms with Gasteiger partial charge in [0.05, 0.1) is 5.56 Å². The van der Waals surface area contributed by atoms with Crippen LogP contribution in [-0.2, 0) is 4.79 Å². The van der Waals surface area contributed by atoms with Crippen LogP contribution in [0.1, 0.15) is 25.8 Å². The first-order chi connectivity index (χ1) is 8.95. The number of carbonyl (C=O) groups is 1. The SMILES string of the molecule is CCCNC(=O)C(C)Oc1ccc(Br)cc1C(N)=S. The number of hydrogen-bond donors (Lipinski definition) is 2. The van der Waals surface area contributed by atoms with Gasteiger partial charge in [-0.25, -0.2) is 0 Å². The molecule has 3 N–H and O–H groups in total. The lowest BCUT2D eigenvalue weighted by molar-refractivity contribution is -0.127. The third kappa shape index (κ3) is 4.80. The number of halogens is 1. The number of amides is 1. The van der Waals surface area contributed by atoms with Crippen LogP contribution in [0.15, 0.2) is 22.7 Å². The molecule has 1 atom stereocenters. The van der Waals surface area contributed by atoms with E-state index in [1.54, 1.807) is 19.1 Å². The predicted molar refractivity (Wildman–Crippen MR) is 83.4 cm³/mol. The Morgan fingerprint density at radius 3 is 2.84 bits per heavy atom. The zero-order valence-electron chi connectivity index (χ0n) is 10.9. The fourth-order valence-corrected chi connectivity index (χ4v) is 1.95. The van der Waals surface area contributed by atoms with E-state index in [0.29, 0.717) is 17.9 Å². The molecular formula is C13H17BrN2O2S. The summed E-state index contributed by atoms with van der Waals surface area (Å²) < 4.78 is 6.47. The minimum Gasteiger partial charge on any atom is -0.480 e. The molecule has 0 aromatic heterocycles. The van der Waals surface area contributed by atoms with Crippen LogP contribution in [0.2, 0.25) is 0 Å². The van der Waals surface area contributed by atoms with Gasteiger partial charge in [0.1, 0.15) is 10.7 Å². The van der Waals surface area contributed by atoms with Crippen molar-refractivity contribution < 1.29 is 9.53 Å². The summed E-state index contributed by atoms with van der Waals surface area (Å²) in [6.45, 7) is 4.32. The van der Waals surface area contributed by atoms with Crippen LogP contribution in [0.5, 0.6) is 5.75 Å². The topological polar surface area (TPSA) is 64.3 Å². The summed E-state index contributed by atoms with van der Waals surface area (Å²) in [4.78, 5) is 12.0. The molecule has 104 valence electrons. The Morgan fingerprint density at radius 2 is 2.26 bits per heavy atom. The van der Waals surface area contributed by atoms with E-state index in [9.17, 15) is 4.79 Å². The Morgan fingerprint density at radius 1 is 1.58 bits per heavy atom. The number of thiocarbonyl (C=S) groups is 1. The summed E-state index contributed by atoms with van der Waals surface area (Å²) >= 11 is 8.32. The first kappa shape index (κ1) is 15.9. The Balaban J connectivity index is 2.81. The van der Waals surface area contributed by atoms with E-state index in [-0.39, 0.29) is 10.9 Å². The van der Waals surface area contributed by atoms with Gasteiger partial charge in [0, 0.05) is 11.0 Å². The Kier molecular flexibility index (Phi) is 6.24. The van der Waals surface area contributed by atoms with E-state index >= 15 is 0 Å². The molecule has 19 heavy (non-hydrogen) atoms. The molecule has 1 aromatic rings. The summed E-state index contributed by atoms with van der Waals surface area (Å²) in [5.74, 6) is 0.355. The van der Waals surface area contributed by atoms with Crippen molar-refractivity contribution in [1.29, 1.82) is 0 Å². The lowest BCUT2D eigenvalue weighted by Gasteiger charge is -2.17. The van der Waals surface area contributed by atoms with Gasteiger partial charge in [0.2, 0.25) is 0 Å². The van der Waals surface area contributed by atoms with Crippen molar-refractivity contribution in [2.75, 3.05) is 6.54 Å². The predicted octanol–water partition coefficient (Wildman–Crippen LogP) is 2.38. The first-order valence-electron chi connectivity index (χ1n) is 5.99. The van der Waals surface area contributed by atoms with Crippen molar-refractivity contribution >= 4 is 39.0 Å². The molecule has 4 nitrogen and oxygen atoms in total. The zero-order chi connectivity index (χ0) is 14.4. The number of rotatable bonds is 6. The molecule has 1 amide bonds. The van der Waals surface area contributed by atoms with Crippen molar-refractivity contribution in [3.8, 4) is 5.75 Å². The van der Waals surface area contributed by atoms with Gasteiger partial charge >= 0.3 is 0 Å². The highest BCUT2D eigenvalue weighted by Gasteiger charge is 2.16. The van der Waals surface area contributed by atoms with Gasteiger partial charge in [0.15, 0.2) is 6.10 Å². The molecule has 0 radical (unpaired) electrons. The van der Waals surface area contributed by atoms with Crippen LogP contribution >= 0.6 is 28.1 Å². The number of carbonyl (C=O) groups excluding carboxylic acids is 1. The highest BCUT2D eigenvalue weighted by Crippen LogP contribution is 2.24. The molecule has 0 aliphatic rings. The molecule has 0 aliphatic carbocycles. The van der Waals surface area contributed by atoms with Gasteiger partial charge in [-0.05, 0) is 31.5 Å². The summed E-state index contributed by atoms with van der Waals surface area (Å²) in [6.07, 6.45) is 0.287. The molecule has 1 aromatic carbocycles. The molecule has 0 heterocycles. The number of nitrogens with two attached hydrogens (primary N) is 1. The molecule has 0 bridgehead atoms. The van der Waals surface area contributed by atoms with Crippen molar-refractivity contribution in [1.82, 2.24) is 5.32 Å². The summed E-state index contributed by atoms with van der Waals surface area (Å²) in [7, 11) is 0. The van der Waals surface area contributed by atoms with Crippen LogP contribution in [0.4, 0.5) is 0 Å². The normalized spacial score (nSPS) is 11.7. The summed E-state index contributed by atoms with van der Waals surface area (Å²) in [5, 5.41) is 2.78. The summed E-state index contributed by atoms with van der Waals surface area (Å²) in [6, 6.07) is 5.32. The van der Waals surface area contributed by atoms with Gasteiger partial charge in [-0.15, -0.1) is 0 Å². The van der Waals surface area contributed by atoms with Crippen LogP contribution in [0.25, 0.3) is 0 Å². The minimum absolute atomic E-state index is 0.154. The van der Waals surface area contributed by atoms with E-state index in [0.717, 1.165) is 10.9 Å². The van der Waals surface area contributed by atoms with E-state index in [1.807, 2.05) is 13.0 Å². The van der Waals surface area contributed by atoms with E-state index in [4.69, 9.17) is 22.7 Å². The molecule has 0 spiro atoms. The highest BCUT2D eigenvalue weighted by molar-refractivity contribution is 9.10. The largest absolute Gasteiger partial charge is 0.480 e. The van der Waals surface area contributed by atoms with Crippen LogP contribution in [0.3, 0.4) is 0 Å². The Bertz CT molecular complexity index is 480. The number of hydrogen-bond acceptors (Lipinski definition) is 3. The Hall–Kier alpha value is -1.14. The lowest BCUT2D eigenvalue weighted by Crippen LogP contribution is -2.37. The van der Waals surface area contributed by atoms with Gasteiger partial charge in [0.25, 0.3) is 5.91 Å². The first-order valence-corrected chi connectivity index (χ1v) is 7.19. The van der Waals surface area contributed by atoms with Crippen molar-refractivity contribution in [2.24, 2.45) is 5.73 Å². The number of ether oxygens (including phenoxy) is 1. The molecule has 1 unspecified atom stereocenters. The third-order valence-electron chi connectivity index (χ3n) is 2.43. The quantitative estimate of drug-likeness (QED) is 0.777. The molecule has 6 heteroatoms. The van der Waals surface area contributed by atoms with Crippen LogP contribution in [-0.4, -0.2) is 23.5 Å². The third-order valence-corrected chi connectivity index (χ3v) is 3.14. The summed E-state index contributed by atoms with van der Waals surface area (Å²) in [5.41, 5.74) is 6.26. The van der Waals surface area contributed by atoms with Crippen LogP contribution < -0.4 is 15.8 Å². The second kappa shape index (κ2) is 7.45. The average molecular weight is 345 g/mol. The van der Waals surface area contributed by atoms with Gasteiger partial charge in [-0.2, -0.15) is 0 Å². The number of nitrogens with one attached hydrogen (secondary N) is 1. The van der Waals surface area contributed by atoms with E-state index in [1.165, 1.54) is 0 Å². The Labute approximate surface area is 126 Å². The van der Waals surface area contributed by atoms with Crippen LogP contribution in [0, 0.1) is 0 Å². The molecule has 0 fully saturated rings. The maximum absolute atomic E-state index is 11.7. The van der Waals surface area contributed by atoms with E-state index in [2.05, 4.69) is 21.2 Å². The highest BCUT2D eigenvalue weighted by atomic mass is 79.9. The average Bonchev–Trinajstić information content (AvgIpc) is 2.37. The molecule has 0 saturated carbocycles. The second-order valence-corrected chi connectivity index (χ2v) is 5.41. The van der Waals surface area contributed by atoms with Gasteiger partial charge < -0.3 is 15.8 Å². The number of benzene rings is 1. The molecule has 0 aliphatic heterocycles. The fourth-order valence-electron chi connectivity index (χ4n) is 1.43. The van der Waals surface area contributed by atoms with Crippen molar-refractivity contribution in [3.63, 3.8) is 0 Å². The maximum Gasteiger partial charge on any atom is 0.260 e. The molecular weight excluding hydrogens is 328 g/mol. The van der Waals surface area contributed by atoms with Gasteiger partial charge in [-0.1, -0.05) is 35.1 Å². The standard InChI is InChI=1S/C13H17BrN2O2S/c1-3-6-16-13(17)8(2)18-11-5-4-9(14)7-10(11)12(15)19/h4-5,7-8H,3,6H2,1-2H3,(H2,15,19)(H,16,17). The smallest absolute Gasteiger partial charge is 0.260 e. The fraction of sp³-hybridized carbons (Fsp3) is 0.385. The van der Waals surface area contributed by atoms with Gasteiger partial charge in [-0.3, -0.25) is 4.79 Å². The maximum atomic E-state index is 11.7.